The maximum absolute atomic E-state index is 13.2. The highest BCUT2D eigenvalue weighted by atomic mass is 32.2. The second-order valence-corrected chi connectivity index (χ2v) is 15.0. The number of anilines is 4. The van der Waals surface area contributed by atoms with Crippen LogP contribution in [0.1, 0.15) is 36.8 Å². The highest BCUT2D eigenvalue weighted by molar-refractivity contribution is 7.93. The smallest absolute Gasteiger partial charge is 0.264 e. The molecule has 238 valence electrons. The fourth-order valence-corrected chi connectivity index (χ4v) is 8.81. The summed E-state index contributed by atoms with van der Waals surface area (Å²) in [5.41, 5.74) is 4.37. The van der Waals surface area contributed by atoms with Gasteiger partial charge in [0.15, 0.2) is 0 Å². The fraction of sp³-hybridized carbons (Fsp3) is 0.235. The maximum Gasteiger partial charge on any atom is 0.264 e. The van der Waals surface area contributed by atoms with Gasteiger partial charge in [0, 0.05) is 37.3 Å². The summed E-state index contributed by atoms with van der Waals surface area (Å²) in [6.07, 6.45) is 2.69. The molecule has 0 spiro atoms. The summed E-state index contributed by atoms with van der Waals surface area (Å²) in [5, 5.41) is 5.55. The maximum atomic E-state index is 13.2. The third kappa shape index (κ3) is 6.49. The number of unbranched alkanes of at least 4 members (excludes halogenated alkanes) is 1. The predicted molar refractivity (Wildman–Crippen MR) is 178 cm³/mol. The lowest BCUT2D eigenvalue weighted by atomic mass is 10.1. The van der Waals surface area contributed by atoms with Gasteiger partial charge in [0.2, 0.25) is 11.8 Å². The molecule has 12 heteroatoms. The molecule has 2 aliphatic rings. The number of amides is 2. The second kappa shape index (κ2) is 13.0. The zero-order valence-corrected chi connectivity index (χ0v) is 26.7. The average Bonchev–Trinajstić information content (AvgIpc) is 3.69. The van der Waals surface area contributed by atoms with Gasteiger partial charge in [-0.2, -0.15) is 0 Å². The highest BCUT2D eigenvalue weighted by Gasteiger charge is 2.31. The zero-order valence-electron chi connectivity index (χ0n) is 25.1. The summed E-state index contributed by atoms with van der Waals surface area (Å²) in [6.45, 7) is 0.785. The molecule has 6 rings (SSSR count). The minimum absolute atomic E-state index is 0.154. The van der Waals surface area contributed by atoms with Gasteiger partial charge in [-0.15, -0.1) is 0 Å². The van der Waals surface area contributed by atoms with Crippen LogP contribution >= 0.6 is 0 Å². The van der Waals surface area contributed by atoms with E-state index in [0.29, 0.717) is 61.5 Å². The molecule has 0 atom stereocenters. The first-order valence-electron chi connectivity index (χ1n) is 15.1. The van der Waals surface area contributed by atoms with Crippen molar-refractivity contribution >= 4 is 54.6 Å². The van der Waals surface area contributed by atoms with Crippen molar-refractivity contribution < 1.29 is 26.4 Å². The molecule has 2 aliphatic heterocycles. The van der Waals surface area contributed by atoms with Crippen LogP contribution in [-0.2, 0) is 42.5 Å². The van der Waals surface area contributed by atoms with Crippen LogP contribution in [0.4, 0.5) is 22.7 Å². The molecule has 2 N–H and O–H groups in total. The van der Waals surface area contributed by atoms with E-state index in [-0.39, 0.29) is 34.4 Å². The number of hydrogen-bond donors (Lipinski definition) is 2. The number of fused-ring (bicyclic) bond motifs is 2. The molecule has 46 heavy (non-hydrogen) atoms. The lowest BCUT2D eigenvalue weighted by Crippen LogP contribution is -2.29. The minimum Gasteiger partial charge on any atom is -0.326 e. The van der Waals surface area contributed by atoms with Crippen molar-refractivity contribution in [1.82, 2.24) is 0 Å². The van der Waals surface area contributed by atoms with Gasteiger partial charge < -0.3 is 10.6 Å². The topological polar surface area (TPSA) is 133 Å². The number of sulfonamides is 2. The zero-order chi connectivity index (χ0) is 32.3. The van der Waals surface area contributed by atoms with E-state index in [1.54, 1.807) is 36.4 Å². The van der Waals surface area contributed by atoms with Gasteiger partial charge in [0.05, 0.1) is 21.2 Å². The highest BCUT2D eigenvalue weighted by Crippen LogP contribution is 2.34. The quantitative estimate of drug-likeness (QED) is 0.210. The third-order valence-electron chi connectivity index (χ3n) is 8.20. The van der Waals surface area contributed by atoms with E-state index in [0.717, 1.165) is 11.1 Å². The Balaban J connectivity index is 0.937. The molecular formula is C34H34N4O6S2. The molecule has 0 bridgehead atoms. The van der Waals surface area contributed by atoms with E-state index in [4.69, 9.17) is 0 Å². The van der Waals surface area contributed by atoms with Gasteiger partial charge >= 0.3 is 0 Å². The Morgan fingerprint density at radius 2 is 0.913 bits per heavy atom. The predicted octanol–water partition coefficient (Wildman–Crippen LogP) is 5.33. The number of carbonyl (C=O) groups is 2. The van der Waals surface area contributed by atoms with Crippen LogP contribution in [-0.4, -0.2) is 41.7 Å². The molecule has 0 radical (unpaired) electrons. The summed E-state index contributed by atoms with van der Waals surface area (Å²) < 4.78 is 55.6. The fourth-order valence-electron chi connectivity index (χ4n) is 5.81. The number of nitrogens with zero attached hydrogens (tertiary/aromatic N) is 2. The van der Waals surface area contributed by atoms with Crippen molar-refractivity contribution in [1.29, 1.82) is 0 Å². The molecular weight excluding hydrogens is 625 g/mol. The molecule has 2 heterocycles. The normalized spacial score (nSPS) is 14.1. The van der Waals surface area contributed by atoms with E-state index in [1.807, 2.05) is 36.4 Å². The summed E-state index contributed by atoms with van der Waals surface area (Å²) in [6, 6.07) is 27.1. The Kier molecular flexibility index (Phi) is 8.83. The summed E-state index contributed by atoms with van der Waals surface area (Å²) in [7, 11) is -7.43. The van der Waals surface area contributed by atoms with E-state index in [9.17, 15) is 26.4 Å². The first-order chi connectivity index (χ1) is 22.1. The molecule has 0 saturated heterocycles. The Morgan fingerprint density at radius 3 is 1.30 bits per heavy atom. The molecule has 0 unspecified atom stereocenters. The summed E-state index contributed by atoms with van der Waals surface area (Å²) in [4.78, 5) is 25.2. The van der Waals surface area contributed by atoms with Crippen LogP contribution in [0.5, 0.6) is 0 Å². The van der Waals surface area contributed by atoms with Crippen LogP contribution in [0.15, 0.2) is 107 Å². The van der Waals surface area contributed by atoms with E-state index >= 15 is 0 Å². The third-order valence-corrected chi connectivity index (χ3v) is 11.9. The van der Waals surface area contributed by atoms with Crippen molar-refractivity contribution in [3.63, 3.8) is 0 Å². The van der Waals surface area contributed by atoms with Crippen molar-refractivity contribution in [3.8, 4) is 0 Å². The van der Waals surface area contributed by atoms with Crippen LogP contribution in [0.2, 0.25) is 0 Å². The monoisotopic (exact) mass is 658 g/mol. The van der Waals surface area contributed by atoms with Gasteiger partial charge in [0.1, 0.15) is 0 Å². The number of rotatable bonds is 11. The number of hydrogen-bond acceptors (Lipinski definition) is 6. The van der Waals surface area contributed by atoms with E-state index in [1.165, 1.54) is 32.9 Å². The lowest BCUT2D eigenvalue weighted by Gasteiger charge is -2.19. The summed E-state index contributed by atoms with van der Waals surface area (Å²) in [5.74, 6) is -0.469. The number of benzene rings is 4. The van der Waals surface area contributed by atoms with Crippen LogP contribution in [0.25, 0.3) is 0 Å². The van der Waals surface area contributed by atoms with Crippen molar-refractivity contribution in [2.45, 2.75) is 48.3 Å². The standard InChI is InChI=1S/C34H34N4O6S2/c39-33(35-27-13-17-29(18-14-27)45(41,42)37-23-21-25-7-1-3-9-31(25)37)11-5-6-12-34(40)36-28-15-19-30(20-16-28)46(43,44)38-24-22-26-8-2-4-10-32(26)38/h1-4,7-10,13-20H,5-6,11-12,21-24H2,(H,35,39)(H,36,40). The molecule has 0 aromatic heterocycles. The van der Waals surface area contributed by atoms with Crippen molar-refractivity contribution in [2.24, 2.45) is 0 Å². The number of carbonyl (C=O) groups excluding carboxylic acids is 2. The molecule has 0 saturated carbocycles. The first kappa shape index (κ1) is 31.3. The van der Waals surface area contributed by atoms with Crippen LogP contribution in [0.3, 0.4) is 0 Å². The number of para-hydroxylation sites is 2. The Labute approximate surface area is 269 Å². The minimum atomic E-state index is -3.71. The average molecular weight is 659 g/mol. The van der Waals surface area contributed by atoms with Gasteiger partial charge in [-0.1, -0.05) is 36.4 Å². The van der Waals surface area contributed by atoms with Gasteiger partial charge in [-0.05, 0) is 97.5 Å². The number of nitrogens with one attached hydrogen (secondary N) is 2. The first-order valence-corrected chi connectivity index (χ1v) is 18.0. The molecule has 10 nitrogen and oxygen atoms in total. The molecule has 4 aromatic rings. The van der Waals surface area contributed by atoms with Crippen molar-refractivity contribution in [3.05, 3.63) is 108 Å². The van der Waals surface area contributed by atoms with Gasteiger partial charge in [-0.3, -0.25) is 18.2 Å². The van der Waals surface area contributed by atoms with Crippen LogP contribution < -0.4 is 19.2 Å². The van der Waals surface area contributed by atoms with E-state index in [2.05, 4.69) is 10.6 Å². The molecule has 4 aromatic carbocycles. The summed E-state index contributed by atoms with van der Waals surface area (Å²) >= 11 is 0. The molecule has 0 fully saturated rings. The second-order valence-electron chi connectivity index (χ2n) is 11.3. The molecule has 0 aliphatic carbocycles. The van der Waals surface area contributed by atoms with Gasteiger partial charge in [0.25, 0.3) is 20.0 Å². The SMILES string of the molecule is O=C(CCCCC(=O)Nc1ccc(S(=O)(=O)N2CCc3ccccc32)cc1)Nc1ccc(S(=O)(=O)N2CCc3ccccc32)cc1. The van der Waals surface area contributed by atoms with Crippen molar-refractivity contribution in [2.75, 3.05) is 32.3 Å². The Bertz CT molecular complexity index is 1830. The molecule has 2 amide bonds. The lowest BCUT2D eigenvalue weighted by molar-refractivity contribution is -0.118. The Hall–Kier alpha value is -4.68. The van der Waals surface area contributed by atoms with Crippen LogP contribution in [0, 0.1) is 0 Å². The Morgan fingerprint density at radius 1 is 0.543 bits per heavy atom. The van der Waals surface area contributed by atoms with Gasteiger partial charge in [-0.25, -0.2) is 16.8 Å². The van der Waals surface area contributed by atoms with E-state index < -0.39 is 20.0 Å². The largest absolute Gasteiger partial charge is 0.326 e.